The molecule has 0 N–H and O–H groups in total. The number of rotatable bonds is 3. The summed E-state index contributed by atoms with van der Waals surface area (Å²) < 4.78 is 27.2. The first-order valence-corrected chi connectivity index (χ1v) is 10.4. The largest absolute Gasteiger partial charge is 0.337 e. The van der Waals surface area contributed by atoms with Gasteiger partial charge in [0.05, 0.1) is 22.5 Å². The number of sulfonamides is 1. The molecule has 7 nitrogen and oxygen atoms in total. The Balaban J connectivity index is 1.48. The summed E-state index contributed by atoms with van der Waals surface area (Å²) >= 11 is 1.52. The van der Waals surface area contributed by atoms with E-state index in [4.69, 9.17) is 0 Å². The van der Waals surface area contributed by atoms with Gasteiger partial charge in [-0.2, -0.15) is 4.31 Å². The second-order valence-corrected chi connectivity index (χ2v) is 9.65. The van der Waals surface area contributed by atoms with Crippen molar-refractivity contribution in [2.45, 2.75) is 18.7 Å². The Morgan fingerprint density at radius 2 is 2.04 bits per heavy atom. The fourth-order valence-corrected chi connectivity index (χ4v) is 6.30. The van der Waals surface area contributed by atoms with E-state index in [1.807, 2.05) is 12.3 Å². The van der Waals surface area contributed by atoms with E-state index in [-0.39, 0.29) is 18.4 Å². The lowest BCUT2D eigenvalue weighted by Gasteiger charge is -2.21. The van der Waals surface area contributed by atoms with Gasteiger partial charge in [-0.15, -0.1) is 11.3 Å². The maximum Gasteiger partial charge on any atom is 0.254 e. The first-order valence-electron chi connectivity index (χ1n) is 8.04. The minimum absolute atomic E-state index is 0.0458. The summed E-state index contributed by atoms with van der Waals surface area (Å²) in [4.78, 5) is 22.5. The van der Waals surface area contributed by atoms with Gasteiger partial charge in [-0.1, -0.05) is 0 Å². The molecule has 4 heterocycles. The number of carbonyl (C=O) groups is 1. The van der Waals surface area contributed by atoms with Crippen molar-refractivity contribution in [3.05, 3.63) is 46.2 Å². The number of aromatic nitrogens is 2. The van der Waals surface area contributed by atoms with Gasteiger partial charge in [0, 0.05) is 48.9 Å². The van der Waals surface area contributed by atoms with E-state index in [9.17, 15) is 13.2 Å². The van der Waals surface area contributed by atoms with Gasteiger partial charge in [-0.05, 0) is 19.1 Å². The zero-order valence-electron chi connectivity index (χ0n) is 13.7. The van der Waals surface area contributed by atoms with Crippen molar-refractivity contribution < 1.29 is 13.2 Å². The van der Waals surface area contributed by atoms with Crippen molar-refractivity contribution in [1.29, 1.82) is 0 Å². The van der Waals surface area contributed by atoms with Crippen molar-refractivity contribution in [3.8, 4) is 0 Å². The zero-order valence-corrected chi connectivity index (χ0v) is 15.3. The second kappa shape index (κ2) is 6.15. The standard InChI is InChI=1S/C16H18N4O3S2/c1-11-18-14(10-24-11)8-20-7-13-6-19(9-15(13)25(20,22)23)16(21)12-2-4-17-5-3-12/h2-5,10,13,15H,6-9H2,1H3/t13-,15+/m0/s1. The lowest BCUT2D eigenvalue weighted by molar-refractivity contribution is 0.0784. The number of carbonyl (C=O) groups excluding carboxylic acids is 1. The molecule has 132 valence electrons. The SMILES string of the molecule is Cc1nc(CN2C[C@@H]3CN(C(=O)c4ccncc4)C[C@H]3S2(=O)=O)cs1. The molecule has 2 atom stereocenters. The molecule has 0 radical (unpaired) electrons. The summed E-state index contributed by atoms with van der Waals surface area (Å²) in [6.45, 7) is 3.39. The van der Waals surface area contributed by atoms with Crippen molar-refractivity contribution in [2.75, 3.05) is 19.6 Å². The van der Waals surface area contributed by atoms with E-state index in [0.29, 0.717) is 25.2 Å². The zero-order chi connectivity index (χ0) is 17.6. The van der Waals surface area contributed by atoms with E-state index in [1.165, 1.54) is 15.6 Å². The van der Waals surface area contributed by atoms with Crippen LogP contribution in [0.25, 0.3) is 0 Å². The third kappa shape index (κ3) is 2.96. The summed E-state index contributed by atoms with van der Waals surface area (Å²) in [5.74, 6) is -0.177. The number of nitrogens with zero attached hydrogens (tertiary/aromatic N) is 4. The molecule has 2 aromatic rings. The van der Waals surface area contributed by atoms with E-state index in [2.05, 4.69) is 9.97 Å². The number of fused-ring (bicyclic) bond motifs is 1. The Kier molecular flexibility index (Phi) is 4.09. The van der Waals surface area contributed by atoms with Crippen molar-refractivity contribution in [3.63, 3.8) is 0 Å². The molecule has 0 saturated carbocycles. The Bertz CT molecular complexity index is 897. The summed E-state index contributed by atoms with van der Waals surface area (Å²) in [6.07, 6.45) is 3.14. The van der Waals surface area contributed by atoms with Gasteiger partial charge in [-0.3, -0.25) is 9.78 Å². The van der Waals surface area contributed by atoms with Crippen LogP contribution in [0.3, 0.4) is 0 Å². The lowest BCUT2D eigenvalue weighted by atomic mass is 10.1. The van der Waals surface area contributed by atoms with Crippen LogP contribution in [-0.2, 0) is 16.6 Å². The fraction of sp³-hybridized carbons (Fsp3) is 0.438. The van der Waals surface area contributed by atoms with Gasteiger partial charge in [0.25, 0.3) is 5.91 Å². The third-order valence-corrected chi connectivity index (χ3v) is 7.90. The predicted molar refractivity (Wildman–Crippen MR) is 93.6 cm³/mol. The number of hydrogen-bond donors (Lipinski definition) is 0. The van der Waals surface area contributed by atoms with Crippen LogP contribution in [-0.4, -0.2) is 58.4 Å². The number of pyridine rings is 1. The lowest BCUT2D eigenvalue weighted by Crippen LogP contribution is -2.36. The molecular weight excluding hydrogens is 360 g/mol. The van der Waals surface area contributed by atoms with Gasteiger partial charge < -0.3 is 4.90 Å². The highest BCUT2D eigenvalue weighted by atomic mass is 32.2. The molecule has 2 fully saturated rings. The molecule has 2 saturated heterocycles. The Hall–Kier alpha value is -1.84. The van der Waals surface area contributed by atoms with Crippen molar-refractivity contribution in [2.24, 2.45) is 5.92 Å². The Morgan fingerprint density at radius 3 is 2.68 bits per heavy atom. The average Bonchev–Trinajstić information content (AvgIpc) is 3.26. The van der Waals surface area contributed by atoms with Gasteiger partial charge in [-0.25, -0.2) is 13.4 Å². The van der Waals surface area contributed by atoms with Crippen LogP contribution < -0.4 is 0 Å². The summed E-state index contributed by atoms with van der Waals surface area (Å²) in [5, 5.41) is 2.32. The molecule has 2 aromatic heterocycles. The van der Waals surface area contributed by atoms with Crippen LogP contribution >= 0.6 is 11.3 Å². The van der Waals surface area contributed by atoms with Crippen LogP contribution in [0.4, 0.5) is 0 Å². The quantitative estimate of drug-likeness (QED) is 0.800. The van der Waals surface area contributed by atoms with Gasteiger partial charge in [0.2, 0.25) is 10.0 Å². The second-order valence-electron chi connectivity index (χ2n) is 6.44. The number of thiazole rings is 1. The van der Waals surface area contributed by atoms with E-state index in [0.717, 1.165) is 10.7 Å². The molecule has 0 spiro atoms. The Morgan fingerprint density at radius 1 is 1.28 bits per heavy atom. The maximum atomic E-state index is 12.8. The molecule has 0 aliphatic carbocycles. The highest BCUT2D eigenvalue weighted by molar-refractivity contribution is 7.90. The number of likely N-dealkylation sites (tertiary alicyclic amines) is 1. The van der Waals surface area contributed by atoms with Gasteiger partial charge in [0.1, 0.15) is 0 Å². The highest BCUT2D eigenvalue weighted by Crippen LogP contribution is 2.35. The first-order chi connectivity index (χ1) is 11.9. The average molecular weight is 378 g/mol. The number of amides is 1. The predicted octanol–water partition coefficient (Wildman–Crippen LogP) is 1.13. The van der Waals surface area contributed by atoms with E-state index < -0.39 is 15.3 Å². The maximum absolute atomic E-state index is 12.8. The molecule has 2 aliphatic heterocycles. The molecule has 0 aromatic carbocycles. The molecular formula is C16H18N4O3S2. The normalized spacial score (nSPS) is 25.2. The van der Waals surface area contributed by atoms with Crippen molar-refractivity contribution >= 4 is 27.3 Å². The van der Waals surface area contributed by atoms with Crippen LogP contribution in [0, 0.1) is 12.8 Å². The first kappa shape index (κ1) is 16.6. The smallest absolute Gasteiger partial charge is 0.254 e. The molecule has 9 heteroatoms. The Labute approximate surface area is 150 Å². The van der Waals surface area contributed by atoms with Crippen LogP contribution in [0.15, 0.2) is 29.9 Å². The number of aryl methyl sites for hydroxylation is 1. The van der Waals surface area contributed by atoms with E-state index in [1.54, 1.807) is 29.4 Å². The summed E-state index contributed by atoms with van der Waals surface area (Å²) in [6, 6.07) is 3.31. The highest BCUT2D eigenvalue weighted by Gasteiger charge is 2.52. The molecule has 4 rings (SSSR count). The van der Waals surface area contributed by atoms with Gasteiger partial charge >= 0.3 is 0 Å². The fourth-order valence-electron chi connectivity index (χ4n) is 3.57. The minimum Gasteiger partial charge on any atom is -0.337 e. The third-order valence-electron chi connectivity index (χ3n) is 4.78. The molecule has 0 unspecified atom stereocenters. The topological polar surface area (TPSA) is 83.5 Å². The van der Waals surface area contributed by atoms with Crippen LogP contribution in [0.1, 0.15) is 21.1 Å². The summed E-state index contributed by atoms with van der Waals surface area (Å²) in [5.41, 5.74) is 1.33. The van der Waals surface area contributed by atoms with E-state index >= 15 is 0 Å². The molecule has 2 aliphatic rings. The van der Waals surface area contributed by atoms with Crippen LogP contribution in [0.5, 0.6) is 0 Å². The number of hydrogen-bond acceptors (Lipinski definition) is 6. The molecule has 25 heavy (non-hydrogen) atoms. The van der Waals surface area contributed by atoms with Gasteiger partial charge in [0.15, 0.2) is 0 Å². The monoisotopic (exact) mass is 378 g/mol. The van der Waals surface area contributed by atoms with Crippen LogP contribution in [0.2, 0.25) is 0 Å². The minimum atomic E-state index is -3.41. The summed E-state index contributed by atoms with van der Waals surface area (Å²) in [7, 11) is -3.41. The molecule has 0 bridgehead atoms. The van der Waals surface area contributed by atoms with Crippen molar-refractivity contribution in [1.82, 2.24) is 19.2 Å². The molecule has 1 amide bonds.